The van der Waals surface area contributed by atoms with Gasteiger partial charge in [0, 0.05) is 11.1 Å². The van der Waals surface area contributed by atoms with E-state index in [0.717, 1.165) is 11.3 Å². The fourth-order valence-electron chi connectivity index (χ4n) is 2.76. The second kappa shape index (κ2) is 6.65. The molecule has 3 aromatic rings. The van der Waals surface area contributed by atoms with Gasteiger partial charge < -0.3 is 13.3 Å². The lowest BCUT2D eigenvalue weighted by molar-refractivity contribution is 0.101. The number of hydrogen-bond acceptors (Lipinski definition) is 5. The molecular formula is C20H15NO4. The fraction of sp³-hybridized carbons (Fsp3) is 0.100. The van der Waals surface area contributed by atoms with Crippen LogP contribution in [0.4, 0.5) is 0 Å². The topological polar surface area (TPSA) is 68.8 Å². The van der Waals surface area contributed by atoms with Crippen molar-refractivity contribution in [2.45, 2.75) is 13.0 Å². The number of nitrogens with zero attached hydrogens (tertiary/aromatic N) is 1. The first-order valence-electron chi connectivity index (χ1n) is 7.93. The van der Waals surface area contributed by atoms with E-state index in [2.05, 4.69) is 4.99 Å². The van der Waals surface area contributed by atoms with Crippen LogP contribution in [0.2, 0.25) is 0 Å². The predicted molar refractivity (Wildman–Crippen MR) is 91.5 cm³/mol. The molecule has 0 atom stereocenters. The Kier molecular flexibility index (Phi) is 4.04. The molecule has 1 aliphatic carbocycles. The van der Waals surface area contributed by atoms with Gasteiger partial charge in [0.1, 0.15) is 11.5 Å². The second-order valence-electron chi connectivity index (χ2n) is 5.50. The highest BCUT2D eigenvalue weighted by molar-refractivity contribution is 6.23. The Morgan fingerprint density at radius 2 is 1.56 bits per heavy atom. The van der Waals surface area contributed by atoms with E-state index in [1.807, 2.05) is 30.4 Å². The average molecular weight is 333 g/mol. The Hall–Kier alpha value is -3.34. The van der Waals surface area contributed by atoms with Gasteiger partial charge in [0.15, 0.2) is 11.5 Å². The van der Waals surface area contributed by atoms with Gasteiger partial charge >= 0.3 is 0 Å². The summed E-state index contributed by atoms with van der Waals surface area (Å²) >= 11 is 0. The van der Waals surface area contributed by atoms with Crippen molar-refractivity contribution >= 4 is 11.5 Å². The first kappa shape index (κ1) is 15.2. The summed E-state index contributed by atoms with van der Waals surface area (Å²) in [5.41, 5.74) is 1.96. The number of aliphatic imine (C=N–C) groups is 1. The molecule has 0 fully saturated rings. The molecule has 0 saturated heterocycles. The Labute approximate surface area is 144 Å². The van der Waals surface area contributed by atoms with Gasteiger partial charge in [-0.2, -0.15) is 0 Å². The summed E-state index contributed by atoms with van der Waals surface area (Å²) in [4.78, 5) is 17.4. The van der Waals surface area contributed by atoms with Crippen molar-refractivity contribution in [2.75, 3.05) is 0 Å². The summed E-state index contributed by atoms with van der Waals surface area (Å²) in [6.45, 7) is 0.364. The molecule has 0 N–H and O–H groups in total. The Morgan fingerprint density at radius 1 is 0.880 bits per heavy atom. The van der Waals surface area contributed by atoms with Crippen molar-refractivity contribution in [1.29, 1.82) is 0 Å². The molecule has 0 amide bonds. The number of Topliss-reactive ketones (excluding diaryl/α,β-unsaturated/α-hetero) is 1. The zero-order valence-electron chi connectivity index (χ0n) is 13.3. The summed E-state index contributed by atoms with van der Waals surface area (Å²) in [6.07, 6.45) is 9.20. The number of ketones is 1. The molecule has 5 nitrogen and oxygen atoms in total. The molecule has 124 valence electrons. The predicted octanol–water partition coefficient (Wildman–Crippen LogP) is 4.59. The van der Waals surface area contributed by atoms with Crippen LogP contribution < -0.4 is 0 Å². The smallest absolute Gasteiger partial charge is 0.228 e. The van der Waals surface area contributed by atoms with Crippen molar-refractivity contribution in [1.82, 2.24) is 0 Å². The first-order chi connectivity index (χ1) is 12.3. The van der Waals surface area contributed by atoms with Crippen molar-refractivity contribution in [3.05, 3.63) is 95.8 Å². The van der Waals surface area contributed by atoms with Crippen molar-refractivity contribution in [2.24, 2.45) is 4.99 Å². The van der Waals surface area contributed by atoms with Crippen LogP contribution >= 0.6 is 0 Å². The van der Waals surface area contributed by atoms with E-state index in [1.54, 1.807) is 30.7 Å². The van der Waals surface area contributed by atoms with Crippen LogP contribution in [0.3, 0.4) is 0 Å². The van der Waals surface area contributed by atoms with Gasteiger partial charge in [0.2, 0.25) is 5.78 Å². The minimum Gasteiger partial charge on any atom is -0.467 e. The van der Waals surface area contributed by atoms with Gasteiger partial charge in [0.25, 0.3) is 0 Å². The van der Waals surface area contributed by atoms with Gasteiger partial charge in [-0.3, -0.25) is 9.79 Å². The Bertz CT molecular complexity index is 940. The normalized spacial score (nSPS) is 14.5. The van der Waals surface area contributed by atoms with E-state index in [4.69, 9.17) is 13.3 Å². The number of rotatable bonds is 6. The number of hydrogen-bond donors (Lipinski definition) is 0. The van der Waals surface area contributed by atoms with Gasteiger partial charge in [-0.05, 0) is 42.8 Å². The monoisotopic (exact) mass is 333 g/mol. The van der Waals surface area contributed by atoms with Crippen molar-refractivity contribution < 1.29 is 18.0 Å². The van der Waals surface area contributed by atoms with Crippen LogP contribution in [0.5, 0.6) is 0 Å². The van der Waals surface area contributed by atoms with Gasteiger partial charge in [0.05, 0.1) is 25.3 Å². The number of carbonyl (C=O) groups excluding carboxylic acids is 1. The van der Waals surface area contributed by atoms with E-state index >= 15 is 0 Å². The zero-order chi connectivity index (χ0) is 17.1. The molecule has 5 heteroatoms. The van der Waals surface area contributed by atoms with Crippen molar-refractivity contribution in [3.8, 4) is 0 Å². The van der Waals surface area contributed by atoms with Crippen LogP contribution in [-0.2, 0) is 6.54 Å². The molecular weight excluding hydrogens is 318 g/mol. The highest BCUT2D eigenvalue weighted by Gasteiger charge is 2.26. The molecule has 0 aliphatic heterocycles. The van der Waals surface area contributed by atoms with Crippen LogP contribution in [0, 0.1) is 0 Å². The van der Waals surface area contributed by atoms with E-state index in [9.17, 15) is 4.79 Å². The van der Waals surface area contributed by atoms with Crippen LogP contribution in [0.1, 0.15) is 28.5 Å². The highest BCUT2D eigenvalue weighted by atomic mass is 16.3. The summed E-state index contributed by atoms with van der Waals surface area (Å²) in [7, 11) is 0. The number of carbonyl (C=O) groups is 1. The maximum Gasteiger partial charge on any atom is 0.228 e. The third-order valence-electron chi connectivity index (χ3n) is 3.91. The standard InChI is InChI=1S/C20H15NO4/c22-20(18-9-4-12-25-18)16-7-1-6-15(16)19(17-8-3-11-24-17)21-13-14-5-2-10-23-14/h2-12H,1,13H2. The quantitative estimate of drug-likeness (QED) is 0.488. The van der Waals surface area contributed by atoms with Gasteiger partial charge in [-0.1, -0.05) is 12.2 Å². The maximum absolute atomic E-state index is 12.7. The lowest BCUT2D eigenvalue weighted by Crippen LogP contribution is -2.12. The molecule has 3 heterocycles. The number of allylic oxidation sites excluding steroid dienone is 4. The fourth-order valence-corrected chi connectivity index (χ4v) is 2.76. The highest BCUT2D eigenvalue weighted by Crippen LogP contribution is 2.28. The molecule has 0 radical (unpaired) electrons. The largest absolute Gasteiger partial charge is 0.467 e. The van der Waals surface area contributed by atoms with Crippen LogP contribution in [0.25, 0.3) is 0 Å². The number of furan rings is 3. The van der Waals surface area contributed by atoms with Gasteiger partial charge in [-0.15, -0.1) is 0 Å². The Morgan fingerprint density at radius 3 is 2.24 bits per heavy atom. The second-order valence-corrected chi connectivity index (χ2v) is 5.50. The molecule has 4 rings (SSSR count). The molecule has 0 spiro atoms. The minimum atomic E-state index is -0.161. The molecule has 1 aliphatic rings. The van der Waals surface area contributed by atoms with E-state index < -0.39 is 0 Å². The van der Waals surface area contributed by atoms with E-state index in [0.29, 0.717) is 35.8 Å². The molecule has 0 aromatic carbocycles. The molecule has 0 unspecified atom stereocenters. The molecule has 0 saturated carbocycles. The lowest BCUT2D eigenvalue weighted by Gasteiger charge is -2.09. The third-order valence-corrected chi connectivity index (χ3v) is 3.91. The summed E-state index contributed by atoms with van der Waals surface area (Å²) in [6, 6.07) is 10.7. The first-order valence-corrected chi connectivity index (χ1v) is 7.93. The average Bonchev–Trinajstić information content (AvgIpc) is 3.43. The maximum atomic E-state index is 12.7. The SMILES string of the molecule is O=C(C1=CCC=C1C(=NCc1ccco1)c1ccco1)c1ccco1. The van der Waals surface area contributed by atoms with Crippen LogP contribution in [0.15, 0.2) is 96.7 Å². The molecule has 25 heavy (non-hydrogen) atoms. The summed E-state index contributed by atoms with van der Waals surface area (Å²) in [5.74, 6) is 1.50. The van der Waals surface area contributed by atoms with E-state index in [1.165, 1.54) is 6.26 Å². The zero-order valence-corrected chi connectivity index (χ0v) is 13.3. The third kappa shape index (κ3) is 3.04. The Balaban J connectivity index is 1.68. The van der Waals surface area contributed by atoms with Crippen molar-refractivity contribution in [3.63, 3.8) is 0 Å². The summed E-state index contributed by atoms with van der Waals surface area (Å²) in [5, 5.41) is 0. The molecule has 3 aromatic heterocycles. The molecule has 0 bridgehead atoms. The lowest BCUT2D eigenvalue weighted by atomic mass is 9.98. The van der Waals surface area contributed by atoms with Crippen LogP contribution in [-0.4, -0.2) is 11.5 Å². The minimum absolute atomic E-state index is 0.161. The summed E-state index contributed by atoms with van der Waals surface area (Å²) < 4.78 is 16.1. The van der Waals surface area contributed by atoms with E-state index in [-0.39, 0.29) is 5.78 Å². The van der Waals surface area contributed by atoms with Gasteiger partial charge in [-0.25, -0.2) is 0 Å².